The highest BCUT2D eigenvalue weighted by Gasteiger charge is 2.06. The molecular weight excluding hydrogens is 226 g/mol. The fourth-order valence-electron chi connectivity index (χ4n) is 1.66. The summed E-state index contributed by atoms with van der Waals surface area (Å²) in [7, 11) is 1.71. The molecule has 0 N–H and O–H groups in total. The van der Waals surface area contributed by atoms with E-state index in [1.165, 1.54) is 4.90 Å². The molecule has 0 saturated carbocycles. The first kappa shape index (κ1) is 12.2. The zero-order valence-electron chi connectivity index (χ0n) is 10.2. The molecule has 0 aromatic heterocycles. The molecule has 0 radical (unpaired) electrons. The summed E-state index contributed by atoms with van der Waals surface area (Å²) in [6.45, 7) is 0.491. The highest BCUT2D eigenvalue weighted by atomic mass is 16.5. The molecule has 2 rings (SSSR count). The number of carbonyl (C=O) groups is 1. The van der Waals surface area contributed by atoms with Gasteiger partial charge in [0.1, 0.15) is 12.4 Å². The van der Waals surface area contributed by atoms with Crippen molar-refractivity contribution >= 4 is 12.1 Å². The second-order valence-corrected chi connectivity index (χ2v) is 3.96. The van der Waals surface area contributed by atoms with Gasteiger partial charge in [0.2, 0.25) is 6.41 Å². The lowest BCUT2D eigenvalue weighted by Gasteiger charge is -2.16. The van der Waals surface area contributed by atoms with Crippen molar-refractivity contribution in [3.63, 3.8) is 0 Å². The molecule has 0 aliphatic heterocycles. The van der Waals surface area contributed by atoms with Crippen molar-refractivity contribution in [2.24, 2.45) is 0 Å². The standard InChI is InChI=1S/C15H15NO2/c1-16(12-17)14-9-5-6-10-15(14)18-11-13-7-3-2-4-8-13/h2-10,12H,11H2,1H3. The topological polar surface area (TPSA) is 29.5 Å². The number of anilines is 1. The van der Waals surface area contributed by atoms with Crippen LogP contribution in [0.15, 0.2) is 54.6 Å². The Balaban J connectivity index is 2.12. The number of ether oxygens (including phenoxy) is 1. The smallest absolute Gasteiger partial charge is 0.213 e. The first-order chi connectivity index (χ1) is 8.81. The average Bonchev–Trinajstić information content (AvgIpc) is 2.45. The van der Waals surface area contributed by atoms with Crippen molar-refractivity contribution in [3.05, 3.63) is 60.2 Å². The number of nitrogens with zero attached hydrogens (tertiary/aromatic N) is 1. The molecule has 3 heteroatoms. The number of rotatable bonds is 5. The van der Waals surface area contributed by atoms with E-state index in [0.29, 0.717) is 12.4 Å². The molecule has 0 fully saturated rings. The van der Waals surface area contributed by atoms with Crippen molar-refractivity contribution in [2.75, 3.05) is 11.9 Å². The molecule has 0 aliphatic carbocycles. The fraction of sp³-hybridized carbons (Fsp3) is 0.133. The molecule has 0 heterocycles. The Morgan fingerprint density at radius 3 is 2.44 bits per heavy atom. The zero-order valence-corrected chi connectivity index (χ0v) is 10.2. The second-order valence-electron chi connectivity index (χ2n) is 3.96. The van der Waals surface area contributed by atoms with E-state index in [2.05, 4.69) is 0 Å². The summed E-state index contributed by atoms with van der Waals surface area (Å²) in [4.78, 5) is 12.3. The van der Waals surface area contributed by atoms with E-state index < -0.39 is 0 Å². The Morgan fingerprint density at radius 2 is 1.72 bits per heavy atom. The van der Waals surface area contributed by atoms with Crippen LogP contribution in [0.1, 0.15) is 5.56 Å². The number of amides is 1. The first-order valence-corrected chi connectivity index (χ1v) is 5.75. The Hall–Kier alpha value is -2.29. The Bertz CT molecular complexity index is 511. The van der Waals surface area contributed by atoms with Gasteiger partial charge in [0, 0.05) is 7.05 Å². The molecule has 2 aromatic rings. The quantitative estimate of drug-likeness (QED) is 0.753. The van der Waals surface area contributed by atoms with Crippen molar-refractivity contribution in [3.8, 4) is 5.75 Å². The van der Waals surface area contributed by atoms with E-state index in [0.717, 1.165) is 17.7 Å². The average molecular weight is 241 g/mol. The molecule has 1 amide bonds. The van der Waals surface area contributed by atoms with Gasteiger partial charge < -0.3 is 9.64 Å². The maximum absolute atomic E-state index is 10.8. The molecular formula is C15H15NO2. The van der Waals surface area contributed by atoms with Crippen LogP contribution in [0.2, 0.25) is 0 Å². The van der Waals surface area contributed by atoms with Crippen LogP contribution >= 0.6 is 0 Å². The maximum Gasteiger partial charge on any atom is 0.213 e. The van der Waals surface area contributed by atoms with Gasteiger partial charge in [-0.2, -0.15) is 0 Å². The predicted octanol–water partition coefficient (Wildman–Crippen LogP) is 2.86. The van der Waals surface area contributed by atoms with Gasteiger partial charge in [-0.05, 0) is 17.7 Å². The molecule has 0 saturated heterocycles. The van der Waals surface area contributed by atoms with Crippen molar-refractivity contribution < 1.29 is 9.53 Å². The van der Waals surface area contributed by atoms with Crippen molar-refractivity contribution in [2.45, 2.75) is 6.61 Å². The zero-order chi connectivity index (χ0) is 12.8. The number of hydrogen-bond donors (Lipinski definition) is 0. The number of benzene rings is 2. The Kier molecular flexibility index (Phi) is 3.97. The lowest BCUT2D eigenvalue weighted by molar-refractivity contribution is -0.107. The lowest BCUT2D eigenvalue weighted by atomic mass is 10.2. The number of hydrogen-bond acceptors (Lipinski definition) is 2. The van der Waals surface area contributed by atoms with Crippen LogP contribution in [0.25, 0.3) is 0 Å². The summed E-state index contributed by atoms with van der Waals surface area (Å²) in [6.07, 6.45) is 0.769. The third kappa shape index (κ3) is 2.88. The van der Waals surface area contributed by atoms with E-state index in [-0.39, 0.29) is 0 Å². The minimum Gasteiger partial charge on any atom is -0.487 e. The third-order valence-corrected chi connectivity index (χ3v) is 2.64. The predicted molar refractivity (Wildman–Crippen MR) is 71.7 cm³/mol. The van der Waals surface area contributed by atoms with Gasteiger partial charge in [-0.25, -0.2) is 0 Å². The normalized spacial score (nSPS) is 9.83. The van der Waals surface area contributed by atoms with Gasteiger partial charge in [-0.1, -0.05) is 42.5 Å². The molecule has 0 unspecified atom stereocenters. The fourth-order valence-corrected chi connectivity index (χ4v) is 1.66. The van der Waals surface area contributed by atoms with Crippen LogP contribution in [0.3, 0.4) is 0 Å². The molecule has 92 valence electrons. The molecule has 0 atom stereocenters. The number of para-hydroxylation sites is 2. The summed E-state index contributed by atoms with van der Waals surface area (Å²) in [6, 6.07) is 17.4. The minimum absolute atomic E-state index is 0.491. The van der Waals surface area contributed by atoms with Crippen molar-refractivity contribution in [1.29, 1.82) is 0 Å². The van der Waals surface area contributed by atoms with Crippen LogP contribution in [-0.4, -0.2) is 13.5 Å². The Morgan fingerprint density at radius 1 is 1.06 bits per heavy atom. The summed E-state index contributed by atoms with van der Waals surface area (Å²) in [5.41, 5.74) is 1.87. The van der Waals surface area contributed by atoms with Gasteiger partial charge in [-0.3, -0.25) is 4.79 Å². The van der Waals surface area contributed by atoms with Crippen LogP contribution in [-0.2, 0) is 11.4 Å². The first-order valence-electron chi connectivity index (χ1n) is 5.75. The SMILES string of the molecule is CN(C=O)c1ccccc1OCc1ccccc1. The lowest BCUT2D eigenvalue weighted by Crippen LogP contribution is -2.14. The molecule has 18 heavy (non-hydrogen) atoms. The summed E-state index contributed by atoms with van der Waals surface area (Å²) >= 11 is 0. The number of carbonyl (C=O) groups excluding carboxylic acids is 1. The summed E-state index contributed by atoms with van der Waals surface area (Å²) in [5, 5.41) is 0. The van der Waals surface area contributed by atoms with E-state index >= 15 is 0 Å². The van der Waals surface area contributed by atoms with E-state index in [1.54, 1.807) is 7.05 Å². The second kappa shape index (κ2) is 5.87. The summed E-state index contributed by atoms with van der Waals surface area (Å²) < 4.78 is 5.75. The van der Waals surface area contributed by atoms with E-state index in [1.807, 2.05) is 54.6 Å². The third-order valence-electron chi connectivity index (χ3n) is 2.64. The molecule has 0 aliphatic rings. The highest BCUT2D eigenvalue weighted by Crippen LogP contribution is 2.26. The Labute approximate surface area is 107 Å². The highest BCUT2D eigenvalue weighted by molar-refractivity contribution is 5.77. The van der Waals surface area contributed by atoms with E-state index in [9.17, 15) is 4.79 Å². The largest absolute Gasteiger partial charge is 0.487 e. The van der Waals surface area contributed by atoms with Crippen LogP contribution < -0.4 is 9.64 Å². The van der Waals surface area contributed by atoms with Crippen LogP contribution in [0.5, 0.6) is 5.75 Å². The molecule has 2 aromatic carbocycles. The van der Waals surface area contributed by atoms with Crippen molar-refractivity contribution in [1.82, 2.24) is 0 Å². The van der Waals surface area contributed by atoms with E-state index in [4.69, 9.17) is 4.74 Å². The maximum atomic E-state index is 10.8. The molecule has 3 nitrogen and oxygen atoms in total. The minimum atomic E-state index is 0.491. The van der Waals surface area contributed by atoms with Gasteiger partial charge in [0.05, 0.1) is 5.69 Å². The monoisotopic (exact) mass is 241 g/mol. The molecule has 0 spiro atoms. The van der Waals surface area contributed by atoms with Gasteiger partial charge >= 0.3 is 0 Å². The van der Waals surface area contributed by atoms with Crippen LogP contribution in [0.4, 0.5) is 5.69 Å². The molecule has 0 bridgehead atoms. The van der Waals surface area contributed by atoms with Gasteiger partial charge in [0.25, 0.3) is 0 Å². The summed E-state index contributed by atoms with van der Waals surface area (Å²) in [5.74, 6) is 0.705. The van der Waals surface area contributed by atoms with Crippen LogP contribution in [0, 0.1) is 0 Å². The van der Waals surface area contributed by atoms with Gasteiger partial charge in [0.15, 0.2) is 0 Å². The van der Waals surface area contributed by atoms with Gasteiger partial charge in [-0.15, -0.1) is 0 Å².